The van der Waals surface area contributed by atoms with Gasteiger partial charge in [-0.15, -0.1) is 11.8 Å². The zero-order valence-electron chi connectivity index (χ0n) is 12.5. The van der Waals surface area contributed by atoms with E-state index in [4.69, 9.17) is 5.73 Å². The first-order valence-electron chi connectivity index (χ1n) is 7.80. The van der Waals surface area contributed by atoms with Crippen molar-refractivity contribution in [3.63, 3.8) is 0 Å². The van der Waals surface area contributed by atoms with Crippen molar-refractivity contribution in [2.75, 3.05) is 0 Å². The number of nitrogens with two attached hydrogens (primary N) is 1. The fourth-order valence-corrected chi connectivity index (χ4v) is 5.26. The Morgan fingerprint density at radius 1 is 0.952 bits per heavy atom. The van der Waals surface area contributed by atoms with Gasteiger partial charge in [-0.2, -0.15) is 0 Å². The summed E-state index contributed by atoms with van der Waals surface area (Å²) in [6.45, 7) is 2.27. The minimum Gasteiger partial charge on any atom is -0.327 e. The van der Waals surface area contributed by atoms with Gasteiger partial charge in [0, 0.05) is 16.5 Å². The summed E-state index contributed by atoms with van der Waals surface area (Å²) in [5.41, 5.74) is 9.36. The fourth-order valence-electron chi connectivity index (χ4n) is 3.35. The van der Waals surface area contributed by atoms with Crippen LogP contribution in [0.25, 0.3) is 0 Å². The highest BCUT2D eigenvalue weighted by atomic mass is 32.2. The molecule has 21 heavy (non-hydrogen) atoms. The van der Waals surface area contributed by atoms with E-state index in [2.05, 4.69) is 79.3 Å². The Kier molecular flexibility index (Phi) is 4.67. The lowest BCUT2D eigenvalue weighted by molar-refractivity contribution is 0.362. The summed E-state index contributed by atoms with van der Waals surface area (Å²) in [5, 5.41) is 1.01. The predicted molar refractivity (Wildman–Crippen MR) is 92.3 cm³/mol. The summed E-state index contributed by atoms with van der Waals surface area (Å²) in [6.07, 6.45) is 2.23. The predicted octanol–water partition coefficient (Wildman–Crippen LogP) is 4.96. The second kappa shape index (κ2) is 6.67. The molecule has 1 saturated heterocycles. The third-order valence-corrected chi connectivity index (χ3v) is 6.21. The van der Waals surface area contributed by atoms with Crippen LogP contribution in [0.15, 0.2) is 60.7 Å². The summed E-state index contributed by atoms with van der Waals surface area (Å²) in [5.74, 6) is 0.567. The Balaban J connectivity index is 1.89. The van der Waals surface area contributed by atoms with Crippen molar-refractivity contribution >= 4 is 11.8 Å². The second-order valence-corrected chi connectivity index (χ2v) is 7.19. The van der Waals surface area contributed by atoms with Gasteiger partial charge in [0.25, 0.3) is 0 Å². The van der Waals surface area contributed by atoms with E-state index in [0.29, 0.717) is 16.4 Å². The minimum atomic E-state index is 0.284. The molecule has 1 aliphatic heterocycles. The van der Waals surface area contributed by atoms with Crippen LogP contribution in [0.3, 0.4) is 0 Å². The van der Waals surface area contributed by atoms with Gasteiger partial charge in [-0.1, -0.05) is 74.0 Å². The van der Waals surface area contributed by atoms with Crippen LogP contribution in [-0.2, 0) is 0 Å². The molecule has 1 heterocycles. The Morgan fingerprint density at radius 3 is 2.10 bits per heavy atom. The molecule has 2 aromatic carbocycles. The second-order valence-electron chi connectivity index (χ2n) is 5.84. The van der Waals surface area contributed by atoms with Crippen molar-refractivity contribution in [1.29, 1.82) is 0 Å². The molecule has 2 aromatic rings. The van der Waals surface area contributed by atoms with E-state index in [1.54, 1.807) is 0 Å². The van der Waals surface area contributed by atoms with Crippen molar-refractivity contribution in [3.8, 4) is 0 Å². The van der Waals surface area contributed by atoms with Gasteiger partial charge in [-0.3, -0.25) is 0 Å². The maximum Gasteiger partial charge on any atom is 0.0346 e. The topological polar surface area (TPSA) is 26.0 Å². The van der Waals surface area contributed by atoms with Crippen LogP contribution < -0.4 is 5.73 Å². The summed E-state index contributed by atoms with van der Waals surface area (Å²) in [6, 6.07) is 22.0. The third-order valence-electron chi connectivity index (χ3n) is 4.51. The van der Waals surface area contributed by atoms with Gasteiger partial charge in [0.15, 0.2) is 0 Å². The molecule has 0 saturated carbocycles. The number of benzene rings is 2. The Labute approximate surface area is 132 Å². The van der Waals surface area contributed by atoms with Crippen LogP contribution in [-0.4, -0.2) is 6.04 Å². The molecule has 0 aromatic heterocycles. The van der Waals surface area contributed by atoms with Crippen LogP contribution in [0.1, 0.15) is 41.4 Å². The Morgan fingerprint density at radius 2 is 1.52 bits per heavy atom. The highest BCUT2D eigenvalue weighted by molar-refractivity contribution is 7.99. The summed E-state index contributed by atoms with van der Waals surface area (Å²) in [7, 11) is 0. The van der Waals surface area contributed by atoms with E-state index in [-0.39, 0.29) is 6.04 Å². The molecule has 0 unspecified atom stereocenters. The van der Waals surface area contributed by atoms with Crippen LogP contribution in [0.5, 0.6) is 0 Å². The molecule has 1 fully saturated rings. The molecule has 2 N–H and O–H groups in total. The molecule has 0 spiro atoms. The smallest absolute Gasteiger partial charge is 0.0346 e. The van der Waals surface area contributed by atoms with E-state index in [9.17, 15) is 0 Å². The summed E-state index contributed by atoms with van der Waals surface area (Å²) >= 11 is 2.09. The molecule has 0 bridgehead atoms. The molecule has 0 radical (unpaired) electrons. The molecular formula is C19H23NS. The number of hydrogen-bond donors (Lipinski definition) is 1. The van der Waals surface area contributed by atoms with Gasteiger partial charge in [0.2, 0.25) is 0 Å². The average Bonchev–Trinajstić information content (AvgIpc) is 2.55. The maximum absolute atomic E-state index is 6.53. The molecule has 0 aliphatic carbocycles. The molecule has 2 heteroatoms. The first-order valence-corrected chi connectivity index (χ1v) is 8.74. The molecule has 1 aliphatic rings. The molecule has 1 nitrogen and oxygen atoms in total. The summed E-state index contributed by atoms with van der Waals surface area (Å²) in [4.78, 5) is 0. The highest BCUT2D eigenvalue weighted by Gasteiger charge is 2.36. The first-order chi connectivity index (χ1) is 10.3. The Bertz CT molecular complexity index is 554. The number of thioether (sulfide) groups is 1. The van der Waals surface area contributed by atoms with Crippen LogP contribution in [0.4, 0.5) is 0 Å². The number of hydrogen-bond acceptors (Lipinski definition) is 2. The third kappa shape index (κ3) is 3.17. The number of rotatable bonds is 3. The van der Waals surface area contributed by atoms with Crippen LogP contribution in [0, 0.1) is 5.92 Å². The van der Waals surface area contributed by atoms with Crippen LogP contribution >= 0.6 is 11.8 Å². The van der Waals surface area contributed by atoms with Crippen molar-refractivity contribution in [2.45, 2.75) is 36.3 Å². The van der Waals surface area contributed by atoms with Crippen LogP contribution in [0.2, 0.25) is 0 Å². The standard InChI is InChI=1S/C19H23NS/c1-2-16-17(20)13-18(14-9-5-3-6-10-14)21-19(16)15-11-7-4-8-12-15/h3-12,16-19H,2,13,20H2,1H3/t16-,17-,18+,19+/m1/s1. The lowest BCUT2D eigenvalue weighted by Gasteiger charge is -2.40. The van der Waals surface area contributed by atoms with Crippen molar-refractivity contribution < 1.29 is 0 Å². The van der Waals surface area contributed by atoms with Gasteiger partial charge in [0.05, 0.1) is 0 Å². The monoisotopic (exact) mass is 297 g/mol. The molecule has 0 amide bonds. The zero-order chi connectivity index (χ0) is 14.7. The van der Waals surface area contributed by atoms with Gasteiger partial charge < -0.3 is 5.73 Å². The van der Waals surface area contributed by atoms with Gasteiger partial charge in [-0.05, 0) is 23.5 Å². The molecule has 3 rings (SSSR count). The van der Waals surface area contributed by atoms with E-state index < -0.39 is 0 Å². The molecular weight excluding hydrogens is 274 g/mol. The maximum atomic E-state index is 6.53. The van der Waals surface area contributed by atoms with E-state index in [1.807, 2.05) is 0 Å². The van der Waals surface area contributed by atoms with Gasteiger partial charge in [0.1, 0.15) is 0 Å². The van der Waals surface area contributed by atoms with Crippen molar-refractivity contribution in [2.24, 2.45) is 11.7 Å². The quantitative estimate of drug-likeness (QED) is 0.866. The van der Waals surface area contributed by atoms with Crippen molar-refractivity contribution in [3.05, 3.63) is 71.8 Å². The highest BCUT2D eigenvalue weighted by Crippen LogP contribution is 2.53. The molecule has 110 valence electrons. The van der Waals surface area contributed by atoms with E-state index >= 15 is 0 Å². The Hall–Kier alpha value is -1.25. The lowest BCUT2D eigenvalue weighted by Crippen LogP contribution is -2.38. The normalized spacial score (nSPS) is 29.2. The van der Waals surface area contributed by atoms with Gasteiger partial charge >= 0.3 is 0 Å². The first kappa shape index (κ1) is 14.7. The van der Waals surface area contributed by atoms with E-state index in [1.165, 1.54) is 11.1 Å². The molecule has 4 atom stereocenters. The van der Waals surface area contributed by atoms with Crippen molar-refractivity contribution in [1.82, 2.24) is 0 Å². The fraction of sp³-hybridized carbons (Fsp3) is 0.368. The van der Waals surface area contributed by atoms with Gasteiger partial charge in [-0.25, -0.2) is 0 Å². The lowest BCUT2D eigenvalue weighted by atomic mass is 9.85. The summed E-state index contributed by atoms with van der Waals surface area (Å²) < 4.78 is 0. The minimum absolute atomic E-state index is 0.284. The largest absolute Gasteiger partial charge is 0.327 e. The zero-order valence-corrected chi connectivity index (χ0v) is 13.3. The van der Waals surface area contributed by atoms with E-state index in [0.717, 1.165) is 12.8 Å². The SMILES string of the molecule is CC[C@@H]1[C@H](N)C[C@@H](c2ccccc2)S[C@H]1c1ccccc1. The average molecular weight is 297 g/mol.